The number of carboxylic acid groups (broad SMARTS) is 1. The van der Waals surface area contributed by atoms with E-state index in [2.05, 4.69) is 46.4 Å². The highest BCUT2D eigenvalue weighted by molar-refractivity contribution is 5.95. The van der Waals surface area contributed by atoms with Gasteiger partial charge in [0.2, 0.25) is 0 Å². The molecule has 2 aromatic heterocycles. The second kappa shape index (κ2) is 7.20. The van der Waals surface area contributed by atoms with Gasteiger partial charge in [-0.25, -0.2) is 0 Å². The smallest absolute Gasteiger partial charge is 0.303 e. The van der Waals surface area contributed by atoms with Crippen LogP contribution in [-0.2, 0) is 4.79 Å². The number of ether oxygens (including phenoxy) is 1. The molecule has 0 saturated heterocycles. The summed E-state index contributed by atoms with van der Waals surface area (Å²) in [6, 6.07) is 15.2. The number of hydrogen-bond donors (Lipinski definition) is 1. The molecule has 1 aliphatic carbocycles. The number of fused-ring (bicyclic) bond motifs is 2. The van der Waals surface area contributed by atoms with Crippen LogP contribution >= 0.6 is 0 Å². The van der Waals surface area contributed by atoms with Crippen LogP contribution in [0.3, 0.4) is 0 Å². The summed E-state index contributed by atoms with van der Waals surface area (Å²) in [5.74, 6) is -0.169. The largest absolute Gasteiger partial charge is 0.481 e. The molecule has 1 aliphatic rings. The number of carboxylic acids is 1. The van der Waals surface area contributed by atoms with E-state index in [1.165, 1.54) is 23.8 Å². The molecule has 146 valence electrons. The molecular weight excluding hydrogens is 366 g/mol. The number of hydrogen-bond acceptors (Lipinski definition) is 4. The topological polar surface area (TPSA) is 77.2 Å². The summed E-state index contributed by atoms with van der Waals surface area (Å²) in [5, 5.41) is 11.3. The summed E-state index contributed by atoms with van der Waals surface area (Å²) in [5.41, 5.74) is 4.07. The van der Waals surface area contributed by atoms with Crippen LogP contribution in [0.1, 0.15) is 37.2 Å². The molecule has 4 aromatic rings. The highest BCUT2D eigenvalue weighted by Crippen LogP contribution is 2.44. The lowest BCUT2D eigenvalue weighted by molar-refractivity contribution is -0.137. The summed E-state index contributed by atoms with van der Waals surface area (Å²) < 4.78 is 7.94. The Labute approximate surface area is 167 Å². The Kier molecular flexibility index (Phi) is 4.39. The van der Waals surface area contributed by atoms with Crippen LogP contribution in [0.25, 0.3) is 27.5 Å². The SMILES string of the molecule is O=C(O)CCCOc1nc2cnccc2n1-c1ccc(C2CC2)c2ccccc12. The fourth-order valence-electron chi connectivity index (χ4n) is 3.88. The van der Waals surface area contributed by atoms with Crippen LogP contribution in [0.15, 0.2) is 54.9 Å². The Morgan fingerprint density at radius 2 is 1.97 bits per heavy atom. The standard InChI is InChI=1S/C23H21N3O3/c27-22(28)6-3-13-29-23-25-19-14-24-12-11-21(19)26(23)20-10-9-16(15-7-8-15)17-4-1-2-5-18(17)20/h1-2,4-5,9-12,14-15H,3,6-8,13H2,(H,27,28). The van der Waals surface area contributed by atoms with Gasteiger partial charge in [0, 0.05) is 18.0 Å². The minimum Gasteiger partial charge on any atom is -0.481 e. The van der Waals surface area contributed by atoms with E-state index in [0.29, 0.717) is 25.0 Å². The molecule has 0 aliphatic heterocycles. The van der Waals surface area contributed by atoms with Gasteiger partial charge in [-0.2, -0.15) is 4.98 Å². The molecule has 0 radical (unpaired) electrons. The Morgan fingerprint density at radius 1 is 1.14 bits per heavy atom. The van der Waals surface area contributed by atoms with Crippen molar-refractivity contribution in [3.8, 4) is 11.7 Å². The van der Waals surface area contributed by atoms with Crippen molar-refractivity contribution < 1.29 is 14.6 Å². The van der Waals surface area contributed by atoms with Crippen molar-refractivity contribution >= 4 is 27.8 Å². The van der Waals surface area contributed by atoms with E-state index in [9.17, 15) is 4.79 Å². The lowest BCUT2D eigenvalue weighted by atomic mass is 9.99. The van der Waals surface area contributed by atoms with Gasteiger partial charge < -0.3 is 9.84 Å². The maximum Gasteiger partial charge on any atom is 0.303 e. The number of benzene rings is 2. The molecule has 0 bridgehead atoms. The zero-order chi connectivity index (χ0) is 19.8. The highest BCUT2D eigenvalue weighted by Gasteiger charge is 2.26. The molecular formula is C23H21N3O3. The molecule has 6 nitrogen and oxygen atoms in total. The van der Waals surface area contributed by atoms with Crippen LogP contribution in [0, 0.1) is 0 Å². The normalized spacial score (nSPS) is 13.8. The summed E-state index contributed by atoms with van der Waals surface area (Å²) in [6.45, 7) is 0.293. The molecule has 1 saturated carbocycles. The van der Waals surface area contributed by atoms with Gasteiger partial charge >= 0.3 is 12.0 Å². The van der Waals surface area contributed by atoms with E-state index in [0.717, 1.165) is 22.1 Å². The monoisotopic (exact) mass is 387 g/mol. The van der Waals surface area contributed by atoms with Crippen LogP contribution in [0.2, 0.25) is 0 Å². The van der Waals surface area contributed by atoms with Crippen molar-refractivity contribution in [1.29, 1.82) is 0 Å². The molecule has 1 N–H and O–H groups in total. The number of imidazole rings is 1. The number of nitrogens with zero attached hydrogens (tertiary/aromatic N) is 3. The van der Waals surface area contributed by atoms with Crippen LogP contribution in [-0.4, -0.2) is 32.2 Å². The van der Waals surface area contributed by atoms with E-state index in [1.807, 2.05) is 10.6 Å². The third-order valence-corrected chi connectivity index (χ3v) is 5.39. The molecule has 6 heteroatoms. The fraction of sp³-hybridized carbons (Fsp3) is 0.261. The molecule has 2 aromatic carbocycles. The molecule has 0 spiro atoms. The lowest BCUT2D eigenvalue weighted by Gasteiger charge is -2.15. The first-order valence-corrected chi connectivity index (χ1v) is 9.91. The third kappa shape index (κ3) is 3.31. The number of aliphatic carboxylic acids is 1. The van der Waals surface area contributed by atoms with Crippen LogP contribution in [0.4, 0.5) is 0 Å². The first-order valence-electron chi connectivity index (χ1n) is 9.91. The van der Waals surface area contributed by atoms with Gasteiger partial charge in [0.05, 0.1) is 24.0 Å². The van der Waals surface area contributed by atoms with Crippen LogP contribution < -0.4 is 4.74 Å². The molecule has 2 heterocycles. The summed E-state index contributed by atoms with van der Waals surface area (Å²) in [6.07, 6.45) is 6.47. The molecule has 0 atom stereocenters. The molecule has 1 fully saturated rings. The Morgan fingerprint density at radius 3 is 2.76 bits per heavy atom. The van der Waals surface area contributed by atoms with Gasteiger partial charge in [0.15, 0.2) is 0 Å². The Balaban J connectivity index is 1.63. The van der Waals surface area contributed by atoms with Gasteiger partial charge in [-0.1, -0.05) is 30.3 Å². The van der Waals surface area contributed by atoms with Crippen LogP contribution in [0.5, 0.6) is 6.01 Å². The molecule has 29 heavy (non-hydrogen) atoms. The lowest BCUT2D eigenvalue weighted by Crippen LogP contribution is -2.07. The molecule has 5 rings (SSSR count). The van der Waals surface area contributed by atoms with E-state index in [1.54, 1.807) is 12.4 Å². The minimum atomic E-state index is -0.826. The second-order valence-corrected chi connectivity index (χ2v) is 7.43. The Hall–Kier alpha value is -3.41. The van der Waals surface area contributed by atoms with Crippen molar-refractivity contribution in [3.05, 3.63) is 60.4 Å². The first-order chi connectivity index (χ1) is 14.2. The summed E-state index contributed by atoms with van der Waals surface area (Å²) in [4.78, 5) is 19.6. The van der Waals surface area contributed by atoms with Gasteiger partial charge in [-0.15, -0.1) is 0 Å². The number of aromatic nitrogens is 3. The quantitative estimate of drug-likeness (QED) is 0.465. The fourth-order valence-corrected chi connectivity index (χ4v) is 3.88. The number of pyridine rings is 1. The Bertz CT molecular complexity index is 1210. The average Bonchev–Trinajstić information content (AvgIpc) is 3.51. The van der Waals surface area contributed by atoms with E-state index in [4.69, 9.17) is 9.84 Å². The van der Waals surface area contributed by atoms with E-state index < -0.39 is 5.97 Å². The van der Waals surface area contributed by atoms with Gasteiger partial charge in [-0.05, 0) is 48.3 Å². The molecule has 0 amide bonds. The van der Waals surface area contributed by atoms with Gasteiger partial charge in [0.1, 0.15) is 5.52 Å². The summed E-state index contributed by atoms with van der Waals surface area (Å²) >= 11 is 0. The van der Waals surface area contributed by atoms with Gasteiger partial charge in [-0.3, -0.25) is 14.3 Å². The predicted octanol–water partition coefficient (Wildman–Crippen LogP) is 4.69. The first kappa shape index (κ1) is 17.7. The van der Waals surface area contributed by atoms with E-state index in [-0.39, 0.29) is 6.42 Å². The van der Waals surface area contributed by atoms with Crippen molar-refractivity contribution in [3.63, 3.8) is 0 Å². The molecule has 0 unspecified atom stereocenters. The number of rotatable bonds is 7. The zero-order valence-electron chi connectivity index (χ0n) is 15.9. The predicted molar refractivity (Wildman–Crippen MR) is 111 cm³/mol. The third-order valence-electron chi connectivity index (χ3n) is 5.39. The highest BCUT2D eigenvalue weighted by atomic mass is 16.5. The van der Waals surface area contributed by atoms with Crippen molar-refractivity contribution in [2.24, 2.45) is 0 Å². The van der Waals surface area contributed by atoms with Crippen molar-refractivity contribution in [2.75, 3.05) is 6.61 Å². The van der Waals surface area contributed by atoms with Crippen molar-refractivity contribution in [1.82, 2.24) is 14.5 Å². The van der Waals surface area contributed by atoms with Crippen molar-refractivity contribution in [2.45, 2.75) is 31.6 Å². The maximum atomic E-state index is 10.8. The second-order valence-electron chi connectivity index (χ2n) is 7.43. The zero-order valence-corrected chi connectivity index (χ0v) is 15.9. The minimum absolute atomic E-state index is 0.0702. The van der Waals surface area contributed by atoms with Gasteiger partial charge in [0.25, 0.3) is 0 Å². The maximum absolute atomic E-state index is 10.8. The number of carbonyl (C=O) groups is 1. The van der Waals surface area contributed by atoms with E-state index >= 15 is 0 Å². The average molecular weight is 387 g/mol. The summed E-state index contributed by atoms with van der Waals surface area (Å²) in [7, 11) is 0.